The third-order valence-electron chi connectivity index (χ3n) is 3.97. The molecule has 0 aliphatic carbocycles. The summed E-state index contributed by atoms with van der Waals surface area (Å²) in [6.45, 7) is 0.415. The van der Waals surface area contributed by atoms with E-state index in [1.807, 2.05) is 12.2 Å². The number of imidazole rings is 1. The minimum atomic E-state index is -1.12. The molecule has 3 heterocycles. The fourth-order valence-corrected chi connectivity index (χ4v) is 3.29. The van der Waals surface area contributed by atoms with Gasteiger partial charge in [-0.25, -0.2) is 9.78 Å². The summed E-state index contributed by atoms with van der Waals surface area (Å²) in [7, 11) is 0. The van der Waals surface area contributed by atoms with E-state index in [9.17, 15) is 14.7 Å². The highest BCUT2D eigenvalue weighted by molar-refractivity contribution is 6.34. The van der Waals surface area contributed by atoms with Gasteiger partial charge in [0.05, 0.1) is 28.0 Å². The van der Waals surface area contributed by atoms with E-state index in [2.05, 4.69) is 4.98 Å². The van der Waals surface area contributed by atoms with Gasteiger partial charge in [-0.2, -0.15) is 0 Å². The number of halogens is 1. The molecule has 2 aliphatic heterocycles. The van der Waals surface area contributed by atoms with E-state index in [1.165, 1.54) is 6.33 Å². The molecule has 1 atom stereocenters. The number of benzene rings is 1. The molecule has 0 spiro atoms. The number of rotatable bonds is 1. The SMILES string of the molecule is O=C(O)c1ncn2c1C1C=CCN1C(=O)c1c(Cl)cccc1-2. The predicted octanol–water partition coefficient (Wildman–Crippen LogP) is 2.29. The van der Waals surface area contributed by atoms with Crippen LogP contribution >= 0.6 is 11.6 Å². The molecule has 1 unspecified atom stereocenters. The van der Waals surface area contributed by atoms with Gasteiger partial charge in [-0.1, -0.05) is 29.8 Å². The lowest BCUT2D eigenvalue weighted by atomic mass is 10.1. The number of aromatic carboxylic acids is 1. The fraction of sp³-hybridized carbons (Fsp3) is 0.133. The van der Waals surface area contributed by atoms with E-state index in [0.29, 0.717) is 28.5 Å². The number of carbonyl (C=O) groups is 2. The van der Waals surface area contributed by atoms with Gasteiger partial charge in [0, 0.05) is 6.54 Å². The predicted molar refractivity (Wildman–Crippen MR) is 78.5 cm³/mol. The Hall–Kier alpha value is -2.60. The van der Waals surface area contributed by atoms with Gasteiger partial charge >= 0.3 is 5.97 Å². The highest BCUT2D eigenvalue weighted by Crippen LogP contribution is 2.38. The van der Waals surface area contributed by atoms with Crippen LogP contribution in [0.5, 0.6) is 0 Å². The summed E-state index contributed by atoms with van der Waals surface area (Å²) in [5.74, 6) is -1.33. The molecule has 0 bridgehead atoms. The van der Waals surface area contributed by atoms with Crippen LogP contribution in [0.3, 0.4) is 0 Å². The van der Waals surface area contributed by atoms with Gasteiger partial charge in [0.1, 0.15) is 6.33 Å². The Morgan fingerprint density at radius 1 is 1.41 bits per heavy atom. The van der Waals surface area contributed by atoms with Crippen molar-refractivity contribution < 1.29 is 14.7 Å². The lowest BCUT2D eigenvalue weighted by Crippen LogP contribution is -2.31. The molecular formula is C15H10ClN3O3. The second-order valence-electron chi connectivity index (χ2n) is 5.12. The van der Waals surface area contributed by atoms with Crippen LogP contribution in [0.2, 0.25) is 5.02 Å². The van der Waals surface area contributed by atoms with Crippen molar-refractivity contribution in [2.24, 2.45) is 0 Å². The topological polar surface area (TPSA) is 75.4 Å². The van der Waals surface area contributed by atoms with E-state index < -0.39 is 12.0 Å². The zero-order valence-corrected chi connectivity index (χ0v) is 12.0. The Kier molecular flexibility index (Phi) is 2.65. The Morgan fingerprint density at radius 2 is 2.23 bits per heavy atom. The first kappa shape index (κ1) is 13.1. The normalized spacial score (nSPS) is 18.7. The average Bonchev–Trinajstić information content (AvgIpc) is 3.10. The molecule has 0 saturated carbocycles. The standard InChI is InChI=1S/C15H10ClN3O3/c16-8-3-1-4-9-11(8)14(20)18-6-2-5-10(18)13-12(15(21)22)17-7-19(9)13/h1-5,7,10H,6H2,(H,21,22). The molecule has 2 aliphatic rings. The fourth-order valence-electron chi connectivity index (χ4n) is 3.03. The number of aromatic nitrogens is 2. The minimum Gasteiger partial charge on any atom is -0.476 e. The van der Waals surface area contributed by atoms with Gasteiger partial charge in [0.25, 0.3) is 5.91 Å². The molecule has 0 radical (unpaired) electrons. The van der Waals surface area contributed by atoms with Gasteiger partial charge in [0.2, 0.25) is 0 Å². The van der Waals surface area contributed by atoms with Crippen LogP contribution < -0.4 is 0 Å². The molecule has 1 N–H and O–H groups in total. The maximum absolute atomic E-state index is 12.8. The first-order valence-corrected chi connectivity index (χ1v) is 7.04. The molecule has 6 nitrogen and oxygen atoms in total. The lowest BCUT2D eigenvalue weighted by molar-refractivity contribution is 0.0677. The van der Waals surface area contributed by atoms with E-state index in [4.69, 9.17) is 11.6 Å². The summed E-state index contributed by atoms with van der Waals surface area (Å²) in [5.41, 5.74) is 1.33. The Labute approximate surface area is 130 Å². The summed E-state index contributed by atoms with van der Waals surface area (Å²) in [6, 6.07) is 4.66. The maximum Gasteiger partial charge on any atom is 0.356 e. The quantitative estimate of drug-likeness (QED) is 0.819. The monoisotopic (exact) mass is 315 g/mol. The smallest absolute Gasteiger partial charge is 0.356 e. The summed E-state index contributed by atoms with van der Waals surface area (Å²) < 4.78 is 1.64. The van der Waals surface area contributed by atoms with Gasteiger partial charge in [0.15, 0.2) is 5.69 Å². The first-order valence-electron chi connectivity index (χ1n) is 6.66. The number of carbonyl (C=O) groups excluding carboxylic acids is 1. The highest BCUT2D eigenvalue weighted by Gasteiger charge is 2.38. The molecule has 22 heavy (non-hydrogen) atoms. The molecule has 0 saturated heterocycles. The van der Waals surface area contributed by atoms with E-state index in [0.717, 1.165) is 0 Å². The molecule has 4 rings (SSSR count). The van der Waals surface area contributed by atoms with Gasteiger partial charge < -0.3 is 10.0 Å². The van der Waals surface area contributed by atoms with Crippen LogP contribution in [-0.2, 0) is 0 Å². The third kappa shape index (κ3) is 1.58. The molecular weight excluding hydrogens is 306 g/mol. The largest absolute Gasteiger partial charge is 0.476 e. The van der Waals surface area contributed by atoms with Crippen molar-refractivity contribution in [3.63, 3.8) is 0 Å². The van der Waals surface area contributed by atoms with Crippen molar-refractivity contribution in [2.75, 3.05) is 6.54 Å². The number of hydrogen-bond donors (Lipinski definition) is 1. The van der Waals surface area contributed by atoms with E-state index >= 15 is 0 Å². The number of carboxylic acid groups (broad SMARTS) is 1. The molecule has 2 aromatic rings. The molecule has 1 aromatic carbocycles. The third-order valence-corrected chi connectivity index (χ3v) is 4.28. The Balaban J connectivity index is 2.09. The van der Waals surface area contributed by atoms with Crippen LogP contribution in [0.4, 0.5) is 0 Å². The van der Waals surface area contributed by atoms with Crippen LogP contribution in [0.25, 0.3) is 5.69 Å². The minimum absolute atomic E-state index is 0.0535. The Bertz CT molecular complexity index is 856. The molecule has 110 valence electrons. The number of nitrogens with zero attached hydrogens (tertiary/aromatic N) is 3. The van der Waals surface area contributed by atoms with E-state index in [-0.39, 0.29) is 11.6 Å². The van der Waals surface area contributed by atoms with Crippen LogP contribution in [0.1, 0.15) is 32.6 Å². The first-order chi connectivity index (χ1) is 10.6. The van der Waals surface area contributed by atoms with Gasteiger partial charge in [-0.15, -0.1) is 0 Å². The molecule has 1 amide bonds. The number of carboxylic acids is 1. The van der Waals surface area contributed by atoms with Crippen molar-refractivity contribution in [3.8, 4) is 5.69 Å². The summed E-state index contributed by atoms with van der Waals surface area (Å²) >= 11 is 6.22. The van der Waals surface area contributed by atoms with Crippen molar-refractivity contribution in [3.05, 3.63) is 58.7 Å². The molecule has 7 heteroatoms. The zero-order valence-electron chi connectivity index (χ0n) is 11.2. The van der Waals surface area contributed by atoms with Crippen LogP contribution in [-0.4, -0.2) is 38.0 Å². The summed E-state index contributed by atoms with van der Waals surface area (Å²) in [4.78, 5) is 29.9. The second-order valence-corrected chi connectivity index (χ2v) is 5.53. The summed E-state index contributed by atoms with van der Waals surface area (Å²) in [5, 5.41) is 9.72. The van der Waals surface area contributed by atoms with Crippen molar-refractivity contribution in [1.29, 1.82) is 0 Å². The second kappa shape index (κ2) is 4.45. The molecule has 0 fully saturated rings. The Morgan fingerprint density at radius 3 is 3.00 bits per heavy atom. The molecule has 1 aromatic heterocycles. The zero-order chi connectivity index (χ0) is 15.4. The van der Waals surface area contributed by atoms with Gasteiger partial charge in [-0.3, -0.25) is 9.36 Å². The van der Waals surface area contributed by atoms with Crippen LogP contribution in [0, 0.1) is 0 Å². The number of amides is 1. The van der Waals surface area contributed by atoms with Crippen molar-refractivity contribution in [1.82, 2.24) is 14.5 Å². The summed E-state index contributed by atoms with van der Waals surface area (Å²) in [6.07, 6.45) is 5.09. The lowest BCUT2D eigenvalue weighted by Gasteiger charge is -2.22. The highest BCUT2D eigenvalue weighted by atomic mass is 35.5. The number of hydrogen-bond acceptors (Lipinski definition) is 3. The maximum atomic E-state index is 12.8. The number of fused-ring (bicyclic) bond motifs is 5. The average molecular weight is 316 g/mol. The van der Waals surface area contributed by atoms with Crippen LogP contribution in [0.15, 0.2) is 36.7 Å². The van der Waals surface area contributed by atoms with Gasteiger partial charge in [-0.05, 0) is 12.1 Å². The van der Waals surface area contributed by atoms with Crippen molar-refractivity contribution >= 4 is 23.5 Å². The van der Waals surface area contributed by atoms with E-state index in [1.54, 1.807) is 27.7 Å². The van der Waals surface area contributed by atoms with Crippen molar-refractivity contribution in [2.45, 2.75) is 6.04 Å².